The first kappa shape index (κ1) is 14.3. The molecule has 1 aliphatic heterocycles. The molecule has 1 aromatic rings. The SMILES string of the molecule is NC/C=C1/c2c(ccc3c2CCO3)CC1CC1CCCCC1. The number of benzene rings is 1. The van der Waals surface area contributed by atoms with Crippen molar-refractivity contribution in [2.45, 2.75) is 51.4 Å². The summed E-state index contributed by atoms with van der Waals surface area (Å²) in [5.41, 5.74) is 11.9. The van der Waals surface area contributed by atoms with E-state index in [1.54, 1.807) is 0 Å². The van der Waals surface area contributed by atoms with E-state index in [9.17, 15) is 0 Å². The summed E-state index contributed by atoms with van der Waals surface area (Å²) in [6, 6.07) is 4.48. The van der Waals surface area contributed by atoms with E-state index in [2.05, 4.69) is 18.2 Å². The Morgan fingerprint density at radius 1 is 1.18 bits per heavy atom. The Kier molecular flexibility index (Phi) is 3.96. The fraction of sp³-hybridized carbons (Fsp3) is 0.600. The molecule has 1 unspecified atom stereocenters. The Morgan fingerprint density at radius 2 is 2.05 bits per heavy atom. The molecule has 118 valence electrons. The van der Waals surface area contributed by atoms with Crippen molar-refractivity contribution in [2.24, 2.45) is 17.6 Å². The Labute approximate surface area is 133 Å². The molecule has 22 heavy (non-hydrogen) atoms. The zero-order valence-electron chi connectivity index (χ0n) is 13.4. The van der Waals surface area contributed by atoms with Crippen molar-refractivity contribution in [2.75, 3.05) is 13.2 Å². The summed E-state index contributed by atoms with van der Waals surface area (Å²) < 4.78 is 5.78. The lowest BCUT2D eigenvalue weighted by atomic mass is 9.80. The van der Waals surface area contributed by atoms with Gasteiger partial charge in [-0.25, -0.2) is 0 Å². The van der Waals surface area contributed by atoms with Gasteiger partial charge in [0.25, 0.3) is 0 Å². The molecule has 2 N–H and O–H groups in total. The molecule has 3 aliphatic rings. The average molecular weight is 297 g/mol. The first-order valence-corrected chi connectivity index (χ1v) is 9.05. The summed E-state index contributed by atoms with van der Waals surface area (Å²) >= 11 is 0. The second kappa shape index (κ2) is 6.08. The van der Waals surface area contributed by atoms with Crippen LogP contribution >= 0.6 is 0 Å². The molecule has 2 nitrogen and oxygen atoms in total. The normalized spacial score (nSPS) is 26.0. The highest BCUT2D eigenvalue weighted by molar-refractivity contribution is 5.79. The van der Waals surface area contributed by atoms with Crippen LogP contribution in [-0.2, 0) is 12.8 Å². The molecule has 1 saturated carbocycles. The predicted molar refractivity (Wildman–Crippen MR) is 91.1 cm³/mol. The fourth-order valence-corrected chi connectivity index (χ4v) is 4.86. The third kappa shape index (κ3) is 2.48. The highest BCUT2D eigenvalue weighted by atomic mass is 16.5. The van der Waals surface area contributed by atoms with Crippen LogP contribution in [0.15, 0.2) is 18.2 Å². The molecule has 1 atom stereocenters. The van der Waals surface area contributed by atoms with E-state index in [1.807, 2.05) is 0 Å². The van der Waals surface area contributed by atoms with Crippen LogP contribution < -0.4 is 10.5 Å². The molecular formula is C20H27NO. The van der Waals surface area contributed by atoms with Gasteiger partial charge < -0.3 is 10.5 Å². The van der Waals surface area contributed by atoms with Crippen LogP contribution in [0, 0.1) is 11.8 Å². The first-order chi connectivity index (χ1) is 10.9. The molecule has 1 aromatic carbocycles. The van der Waals surface area contributed by atoms with Crippen molar-refractivity contribution in [3.05, 3.63) is 34.9 Å². The van der Waals surface area contributed by atoms with Gasteiger partial charge in [-0.1, -0.05) is 44.2 Å². The van der Waals surface area contributed by atoms with E-state index in [4.69, 9.17) is 10.5 Å². The number of rotatable bonds is 3. The minimum atomic E-state index is 0.653. The molecule has 2 aliphatic carbocycles. The quantitative estimate of drug-likeness (QED) is 0.911. The van der Waals surface area contributed by atoms with Crippen LogP contribution in [0.2, 0.25) is 0 Å². The molecule has 4 rings (SSSR count). The minimum absolute atomic E-state index is 0.653. The highest BCUT2D eigenvalue weighted by Crippen LogP contribution is 2.47. The second-order valence-electron chi connectivity index (χ2n) is 7.21. The van der Waals surface area contributed by atoms with Crippen molar-refractivity contribution in [1.82, 2.24) is 0 Å². The predicted octanol–water partition coefficient (Wildman–Crippen LogP) is 4.11. The summed E-state index contributed by atoms with van der Waals surface area (Å²) in [5, 5.41) is 0. The molecule has 0 amide bonds. The second-order valence-corrected chi connectivity index (χ2v) is 7.21. The van der Waals surface area contributed by atoms with Gasteiger partial charge in [0.2, 0.25) is 0 Å². The zero-order valence-corrected chi connectivity index (χ0v) is 13.4. The van der Waals surface area contributed by atoms with Crippen LogP contribution in [0.3, 0.4) is 0 Å². The maximum Gasteiger partial charge on any atom is 0.123 e. The average Bonchev–Trinajstić information content (AvgIpc) is 3.13. The topological polar surface area (TPSA) is 35.2 Å². The van der Waals surface area contributed by atoms with E-state index < -0.39 is 0 Å². The molecule has 0 bridgehead atoms. The van der Waals surface area contributed by atoms with E-state index >= 15 is 0 Å². The van der Waals surface area contributed by atoms with Gasteiger partial charge in [0.05, 0.1) is 6.61 Å². The number of hydrogen-bond acceptors (Lipinski definition) is 2. The monoisotopic (exact) mass is 297 g/mol. The van der Waals surface area contributed by atoms with Crippen LogP contribution in [0.4, 0.5) is 0 Å². The van der Waals surface area contributed by atoms with E-state index in [1.165, 1.54) is 67.2 Å². The lowest BCUT2D eigenvalue weighted by Crippen LogP contribution is -2.13. The Morgan fingerprint density at radius 3 is 2.86 bits per heavy atom. The molecule has 0 saturated heterocycles. The maximum atomic E-state index is 5.90. The van der Waals surface area contributed by atoms with Crippen molar-refractivity contribution < 1.29 is 4.74 Å². The van der Waals surface area contributed by atoms with Gasteiger partial charge >= 0.3 is 0 Å². The summed E-state index contributed by atoms with van der Waals surface area (Å²) in [5.74, 6) is 2.73. The molecule has 1 fully saturated rings. The third-order valence-electron chi connectivity index (χ3n) is 5.84. The van der Waals surface area contributed by atoms with Crippen molar-refractivity contribution >= 4 is 5.57 Å². The van der Waals surface area contributed by atoms with Crippen LogP contribution in [0.5, 0.6) is 5.75 Å². The van der Waals surface area contributed by atoms with Gasteiger partial charge in [-0.3, -0.25) is 0 Å². The maximum absolute atomic E-state index is 5.90. The van der Waals surface area contributed by atoms with Crippen LogP contribution in [-0.4, -0.2) is 13.2 Å². The molecule has 0 aromatic heterocycles. The molecule has 0 radical (unpaired) electrons. The Hall–Kier alpha value is -1.28. The van der Waals surface area contributed by atoms with E-state index in [-0.39, 0.29) is 0 Å². The first-order valence-electron chi connectivity index (χ1n) is 9.05. The number of fused-ring (bicyclic) bond motifs is 3. The molecule has 0 spiro atoms. The fourth-order valence-electron chi connectivity index (χ4n) is 4.86. The number of nitrogens with two attached hydrogens (primary N) is 1. The van der Waals surface area contributed by atoms with Crippen molar-refractivity contribution in [1.29, 1.82) is 0 Å². The third-order valence-corrected chi connectivity index (χ3v) is 5.84. The standard InChI is InChI=1S/C20H27NO/c21-10-8-17-16(12-14-4-2-1-3-5-14)13-15-6-7-19-18(20(15)17)9-11-22-19/h6-8,14,16H,1-5,9-13,21H2/b17-8+. The van der Waals surface area contributed by atoms with Crippen molar-refractivity contribution in [3.8, 4) is 5.75 Å². The van der Waals surface area contributed by atoms with Crippen LogP contribution in [0.1, 0.15) is 55.2 Å². The van der Waals surface area contributed by atoms with Gasteiger partial charge in [-0.2, -0.15) is 0 Å². The largest absolute Gasteiger partial charge is 0.493 e. The van der Waals surface area contributed by atoms with Crippen molar-refractivity contribution in [3.63, 3.8) is 0 Å². The lowest BCUT2D eigenvalue weighted by molar-refractivity contribution is 0.313. The minimum Gasteiger partial charge on any atom is -0.493 e. The highest BCUT2D eigenvalue weighted by Gasteiger charge is 2.33. The van der Waals surface area contributed by atoms with Gasteiger partial charge in [0.15, 0.2) is 0 Å². The summed E-state index contributed by atoms with van der Waals surface area (Å²) in [6.45, 7) is 1.50. The number of ether oxygens (including phenoxy) is 1. The number of allylic oxidation sites excluding steroid dienone is 1. The van der Waals surface area contributed by atoms with Gasteiger partial charge in [0, 0.05) is 18.5 Å². The summed E-state index contributed by atoms with van der Waals surface area (Å²) in [6.07, 6.45) is 13.1. The molecular weight excluding hydrogens is 270 g/mol. The van der Waals surface area contributed by atoms with E-state index in [0.717, 1.165) is 24.7 Å². The Bertz CT molecular complexity index is 584. The smallest absolute Gasteiger partial charge is 0.123 e. The van der Waals surface area contributed by atoms with E-state index in [0.29, 0.717) is 12.5 Å². The molecule has 2 heteroatoms. The summed E-state index contributed by atoms with van der Waals surface area (Å²) in [7, 11) is 0. The summed E-state index contributed by atoms with van der Waals surface area (Å²) in [4.78, 5) is 0. The van der Waals surface area contributed by atoms with Gasteiger partial charge in [-0.05, 0) is 47.4 Å². The van der Waals surface area contributed by atoms with Crippen LogP contribution in [0.25, 0.3) is 5.57 Å². The van der Waals surface area contributed by atoms with Gasteiger partial charge in [0.1, 0.15) is 5.75 Å². The van der Waals surface area contributed by atoms with Gasteiger partial charge in [-0.15, -0.1) is 0 Å². The lowest BCUT2D eigenvalue weighted by Gasteiger charge is -2.25. The zero-order chi connectivity index (χ0) is 14.9. The Balaban J connectivity index is 1.63. The number of hydrogen-bond donors (Lipinski definition) is 1. The molecule has 1 heterocycles.